The van der Waals surface area contributed by atoms with Crippen molar-refractivity contribution in [2.24, 2.45) is 0 Å². The van der Waals surface area contributed by atoms with Gasteiger partial charge in [-0.25, -0.2) is 12.7 Å². The fourth-order valence-corrected chi connectivity index (χ4v) is 6.59. The van der Waals surface area contributed by atoms with Crippen LogP contribution in [0.1, 0.15) is 23.1 Å². The number of furan rings is 1. The Bertz CT molecular complexity index is 1700. The van der Waals surface area contributed by atoms with Crippen molar-refractivity contribution in [1.82, 2.24) is 0 Å². The molecule has 2 heterocycles. The quantitative estimate of drug-likeness (QED) is 0.337. The number of anilines is 1. The number of aryl methyl sites for hydroxylation is 1. The minimum atomic E-state index is -3.90. The monoisotopic (exact) mass is 497 g/mol. The van der Waals surface area contributed by atoms with E-state index in [0.29, 0.717) is 28.0 Å². The third-order valence-electron chi connectivity index (χ3n) is 7.06. The van der Waals surface area contributed by atoms with E-state index in [-0.39, 0.29) is 11.3 Å². The average Bonchev–Trinajstić information content (AvgIpc) is 3.25. The Morgan fingerprint density at radius 1 is 1.00 bits per heavy atom. The van der Waals surface area contributed by atoms with Gasteiger partial charge in [0.05, 0.1) is 24.0 Å². The maximum absolute atomic E-state index is 13.8. The van der Waals surface area contributed by atoms with Crippen molar-refractivity contribution in [3.05, 3.63) is 113 Å². The smallest absolute Gasteiger partial charge is 0.321 e. The molecule has 1 fully saturated rings. The number of nitrogens with zero attached hydrogens (tertiary/aromatic N) is 1. The lowest BCUT2D eigenvalue weighted by Gasteiger charge is -2.43. The van der Waals surface area contributed by atoms with Crippen LogP contribution >= 0.6 is 0 Å². The van der Waals surface area contributed by atoms with E-state index in [1.54, 1.807) is 48.9 Å². The SMILES string of the molecule is COC(=O)C1(c2coc3ccccc23)CC2=CN(S(=O)(=O)c3ccc(C)cc3)c3ccccc3C=C21. The summed E-state index contributed by atoms with van der Waals surface area (Å²) in [7, 11) is -2.53. The largest absolute Gasteiger partial charge is 0.468 e. The molecule has 1 unspecified atom stereocenters. The Labute approximate surface area is 209 Å². The molecule has 0 spiro atoms. The van der Waals surface area contributed by atoms with Gasteiger partial charge in [0.25, 0.3) is 10.0 Å². The Morgan fingerprint density at radius 3 is 2.50 bits per heavy atom. The summed E-state index contributed by atoms with van der Waals surface area (Å²) < 4.78 is 40.0. The van der Waals surface area contributed by atoms with Crippen molar-refractivity contribution in [2.75, 3.05) is 11.4 Å². The zero-order valence-corrected chi connectivity index (χ0v) is 20.6. The van der Waals surface area contributed by atoms with Crippen LogP contribution in [0.15, 0.2) is 106 Å². The molecule has 7 heteroatoms. The van der Waals surface area contributed by atoms with Crippen LogP contribution in [-0.2, 0) is 25.0 Å². The van der Waals surface area contributed by atoms with Gasteiger partial charge in [-0.15, -0.1) is 0 Å². The van der Waals surface area contributed by atoms with Gasteiger partial charge in [-0.2, -0.15) is 0 Å². The molecule has 1 aliphatic carbocycles. The number of benzene rings is 3. The lowest BCUT2D eigenvalue weighted by atomic mass is 9.57. The summed E-state index contributed by atoms with van der Waals surface area (Å²) in [5.41, 5.74) is 3.91. The number of fused-ring (bicyclic) bond motifs is 3. The maximum Gasteiger partial charge on any atom is 0.321 e. The summed E-state index contributed by atoms with van der Waals surface area (Å²) in [6.07, 6.45) is 5.42. The Kier molecular flexibility index (Phi) is 4.95. The molecule has 0 radical (unpaired) electrons. The second-order valence-corrected chi connectivity index (χ2v) is 10.9. The summed E-state index contributed by atoms with van der Waals surface area (Å²) in [6.45, 7) is 1.91. The standard InChI is InChI=1S/C29H23NO5S/c1-19-11-13-22(14-12-19)36(32,33)30-17-21-16-29(28(31)34-2,24(21)15-20-7-3-5-9-26(20)30)25-18-35-27-10-6-4-8-23(25)27/h3-15,17-18H,16H2,1-2H3. The molecular formula is C29H23NO5S. The molecule has 1 aliphatic heterocycles. The normalized spacial score (nSPS) is 18.9. The lowest BCUT2D eigenvalue weighted by Crippen LogP contribution is -2.47. The van der Waals surface area contributed by atoms with Crippen molar-refractivity contribution < 1.29 is 22.4 Å². The van der Waals surface area contributed by atoms with Gasteiger partial charge in [-0.3, -0.25) is 4.79 Å². The van der Waals surface area contributed by atoms with Gasteiger partial charge in [0.1, 0.15) is 11.0 Å². The Morgan fingerprint density at radius 2 is 1.72 bits per heavy atom. The van der Waals surface area contributed by atoms with Crippen LogP contribution < -0.4 is 4.31 Å². The highest BCUT2D eigenvalue weighted by Crippen LogP contribution is 2.57. The lowest BCUT2D eigenvalue weighted by molar-refractivity contribution is -0.147. The first kappa shape index (κ1) is 22.4. The second-order valence-electron chi connectivity index (χ2n) is 9.10. The molecule has 1 saturated carbocycles. The molecule has 0 N–H and O–H groups in total. The van der Waals surface area contributed by atoms with Crippen molar-refractivity contribution in [3.63, 3.8) is 0 Å². The van der Waals surface area contributed by atoms with E-state index in [1.165, 1.54) is 11.4 Å². The number of carbonyl (C=O) groups excluding carboxylic acids is 1. The third-order valence-corrected chi connectivity index (χ3v) is 8.75. The van der Waals surface area contributed by atoms with Crippen LogP contribution in [0, 0.1) is 6.92 Å². The van der Waals surface area contributed by atoms with Crippen LogP contribution in [0.5, 0.6) is 0 Å². The van der Waals surface area contributed by atoms with Gasteiger partial charge in [0.15, 0.2) is 0 Å². The molecule has 6 nitrogen and oxygen atoms in total. The van der Waals surface area contributed by atoms with Gasteiger partial charge < -0.3 is 9.15 Å². The molecule has 0 bridgehead atoms. The number of hydrogen-bond donors (Lipinski definition) is 0. The summed E-state index contributed by atoms with van der Waals surface area (Å²) in [5, 5.41) is 0.824. The van der Waals surface area contributed by atoms with E-state index in [1.807, 2.05) is 49.4 Å². The van der Waals surface area contributed by atoms with E-state index >= 15 is 0 Å². The summed E-state index contributed by atoms with van der Waals surface area (Å²) in [6, 6.07) is 21.6. The number of ether oxygens (including phenoxy) is 1. The van der Waals surface area contributed by atoms with Crippen molar-refractivity contribution >= 4 is 38.7 Å². The molecule has 180 valence electrons. The van der Waals surface area contributed by atoms with E-state index in [2.05, 4.69) is 0 Å². The first-order valence-corrected chi connectivity index (χ1v) is 13.0. The van der Waals surface area contributed by atoms with Crippen LogP contribution in [0.3, 0.4) is 0 Å². The topological polar surface area (TPSA) is 76.8 Å². The van der Waals surface area contributed by atoms with Gasteiger partial charge in [-0.05, 0) is 60.4 Å². The number of esters is 1. The van der Waals surface area contributed by atoms with Gasteiger partial charge in [-0.1, -0.05) is 54.1 Å². The molecule has 36 heavy (non-hydrogen) atoms. The number of methoxy groups -OCH3 is 1. The molecule has 1 atom stereocenters. The average molecular weight is 498 g/mol. The highest BCUT2D eigenvalue weighted by molar-refractivity contribution is 7.93. The first-order chi connectivity index (χ1) is 17.4. The molecule has 3 aromatic carbocycles. The van der Waals surface area contributed by atoms with Crippen molar-refractivity contribution in [2.45, 2.75) is 23.7 Å². The number of rotatable bonds is 4. The number of carbonyl (C=O) groups is 1. The number of hydrogen-bond acceptors (Lipinski definition) is 5. The third kappa shape index (κ3) is 3.09. The minimum Gasteiger partial charge on any atom is -0.468 e. The molecule has 1 aromatic heterocycles. The summed E-state index contributed by atoms with van der Waals surface area (Å²) in [5.74, 6) is -0.412. The van der Waals surface area contributed by atoms with E-state index in [0.717, 1.165) is 16.5 Å². The fourth-order valence-electron chi connectivity index (χ4n) is 5.19. The van der Waals surface area contributed by atoms with E-state index in [4.69, 9.17) is 9.15 Å². The van der Waals surface area contributed by atoms with Crippen molar-refractivity contribution in [3.8, 4) is 0 Å². The number of para-hydroxylation sites is 2. The Hall–Kier alpha value is -4.10. The molecule has 0 saturated heterocycles. The van der Waals surface area contributed by atoms with Gasteiger partial charge in [0.2, 0.25) is 0 Å². The van der Waals surface area contributed by atoms with Gasteiger partial charge >= 0.3 is 5.97 Å². The molecule has 4 aromatic rings. The predicted octanol–water partition coefficient (Wildman–Crippen LogP) is 5.73. The zero-order valence-electron chi connectivity index (χ0n) is 19.8. The van der Waals surface area contributed by atoms with Crippen LogP contribution in [-0.4, -0.2) is 21.5 Å². The molecular weight excluding hydrogens is 474 g/mol. The fraction of sp³-hybridized carbons (Fsp3) is 0.138. The predicted molar refractivity (Wildman–Crippen MR) is 138 cm³/mol. The van der Waals surface area contributed by atoms with Crippen molar-refractivity contribution in [1.29, 1.82) is 0 Å². The highest BCUT2D eigenvalue weighted by atomic mass is 32.2. The van der Waals surface area contributed by atoms with E-state index in [9.17, 15) is 13.2 Å². The minimum absolute atomic E-state index is 0.197. The molecule has 6 rings (SSSR count). The summed E-state index contributed by atoms with van der Waals surface area (Å²) >= 11 is 0. The van der Waals surface area contributed by atoms with Crippen LogP contribution in [0.2, 0.25) is 0 Å². The molecule has 2 aliphatic rings. The Balaban J connectivity index is 1.56. The first-order valence-electron chi connectivity index (χ1n) is 11.5. The molecule has 0 amide bonds. The second kappa shape index (κ2) is 7.96. The van der Waals surface area contributed by atoms with Gasteiger partial charge in [0, 0.05) is 17.1 Å². The van der Waals surface area contributed by atoms with Crippen LogP contribution in [0.4, 0.5) is 5.69 Å². The van der Waals surface area contributed by atoms with Crippen LogP contribution in [0.25, 0.3) is 17.0 Å². The zero-order chi connectivity index (χ0) is 25.1. The maximum atomic E-state index is 13.8. The summed E-state index contributed by atoms with van der Waals surface area (Å²) in [4.78, 5) is 13.6. The number of sulfonamides is 1. The van der Waals surface area contributed by atoms with E-state index < -0.39 is 21.4 Å². The number of allylic oxidation sites excluding steroid dienone is 1. The highest BCUT2D eigenvalue weighted by Gasteiger charge is 2.56.